The minimum atomic E-state index is -0.889. The maximum atomic E-state index is 13.2. The zero-order valence-corrected chi connectivity index (χ0v) is 21.6. The zero-order valence-electron chi connectivity index (χ0n) is 21.6. The van der Waals surface area contributed by atoms with Gasteiger partial charge in [-0.2, -0.15) is 0 Å². The number of hydrogen-bond acceptors (Lipinski definition) is 9. The molecule has 0 spiro atoms. The molecule has 200 valence electrons. The molecule has 2 amide bonds. The van der Waals surface area contributed by atoms with Crippen LogP contribution in [0, 0.1) is 11.8 Å². The first-order valence-electron chi connectivity index (χ1n) is 12.9. The van der Waals surface area contributed by atoms with Crippen molar-refractivity contribution in [1.29, 1.82) is 0 Å². The lowest BCUT2D eigenvalue weighted by Crippen LogP contribution is -2.47. The molecule has 37 heavy (non-hydrogen) atoms. The van der Waals surface area contributed by atoms with Crippen molar-refractivity contribution in [3.8, 4) is 5.75 Å². The number of nitrogens with zero attached hydrogens (tertiary/aromatic N) is 3. The third-order valence-corrected chi connectivity index (χ3v) is 7.03. The third-order valence-electron chi connectivity index (χ3n) is 7.03. The first kappa shape index (κ1) is 26.7. The van der Waals surface area contributed by atoms with E-state index in [9.17, 15) is 19.2 Å². The van der Waals surface area contributed by atoms with Crippen molar-refractivity contribution >= 4 is 29.4 Å². The molecule has 2 fully saturated rings. The van der Waals surface area contributed by atoms with Gasteiger partial charge in [0.25, 0.3) is 0 Å². The van der Waals surface area contributed by atoms with Gasteiger partial charge in [-0.1, -0.05) is 12.1 Å². The number of rotatable bonds is 9. The van der Waals surface area contributed by atoms with Crippen molar-refractivity contribution in [3.63, 3.8) is 0 Å². The molecule has 0 radical (unpaired) electrons. The molecule has 2 saturated heterocycles. The zero-order chi connectivity index (χ0) is 26.5. The highest BCUT2D eigenvalue weighted by molar-refractivity contribution is 6.06. The molecule has 1 aromatic carbocycles. The van der Waals surface area contributed by atoms with Crippen LogP contribution in [0.5, 0.6) is 5.75 Å². The molecule has 0 saturated carbocycles. The van der Waals surface area contributed by atoms with Crippen molar-refractivity contribution in [2.45, 2.75) is 39.4 Å². The van der Waals surface area contributed by atoms with Crippen LogP contribution < -0.4 is 9.64 Å². The van der Waals surface area contributed by atoms with E-state index in [-0.39, 0.29) is 18.4 Å². The van der Waals surface area contributed by atoms with E-state index in [1.165, 1.54) is 30.9 Å². The summed E-state index contributed by atoms with van der Waals surface area (Å²) in [6, 6.07) is 8.05. The quantitative estimate of drug-likeness (QED) is 0.277. The Bertz CT molecular complexity index is 1010. The normalized spacial score (nSPS) is 25.7. The Labute approximate surface area is 217 Å². The number of carbonyl (C=O) groups is 4. The number of piperazine rings is 1. The molecule has 10 heteroatoms. The fourth-order valence-electron chi connectivity index (χ4n) is 5.41. The standard InChI is InChI=1S/C27H35N3O7/c1-4-35-21-9-6-5-8-20(21)29-16-14-28(15-17-29)12-7-13-30-26(33)24-22(36-18(2)31)10-11-23(37-19(3)32)25(24)27(30)34/h5-6,8-11,22-25H,4,7,12-17H2,1-3H3. The molecule has 0 aromatic heterocycles. The van der Waals surface area contributed by atoms with Gasteiger partial charge >= 0.3 is 11.9 Å². The van der Waals surface area contributed by atoms with Gasteiger partial charge in [-0.05, 0) is 44.2 Å². The predicted molar refractivity (Wildman–Crippen MR) is 135 cm³/mol. The maximum Gasteiger partial charge on any atom is 0.303 e. The van der Waals surface area contributed by atoms with Crippen LogP contribution in [-0.2, 0) is 28.7 Å². The molecule has 3 aliphatic rings. The van der Waals surface area contributed by atoms with Crippen molar-refractivity contribution in [3.05, 3.63) is 36.4 Å². The molecular formula is C27H35N3O7. The fourth-order valence-corrected chi connectivity index (χ4v) is 5.41. The van der Waals surface area contributed by atoms with E-state index in [0.29, 0.717) is 13.0 Å². The minimum Gasteiger partial charge on any atom is -0.492 e. The molecule has 0 bridgehead atoms. The van der Waals surface area contributed by atoms with E-state index >= 15 is 0 Å². The molecule has 10 nitrogen and oxygen atoms in total. The highest BCUT2D eigenvalue weighted by Crippen LogP contribution is 2.38. The van der Waals surface area contributed by atoms with E-state index in [4.69, 9.17) is 14.2 Å². The van der Waals surface area contributed by atoms with Crippen LogP contribution in [0.3, 0.4) is 0 Å². The third kappa shape index (κ3) is 5.95. The average Bonchev–Trinajstić information content (AvgIpc) is 3.12. The molecule has 4 atom stereocenters. The average molecular weight is 514 g/mol. The summed E-state index contributed by atoms with van der Waals surface area (Å²) in [5.41, 5.74) is 1.10. The smallest absolute Gasteiger partial charge is 0.303 e. The predicted octanol–water partition coefficient (Wildman–Crippen LogP) is 1.63. The number of carbonyl (C=O) groups excluding carboxylic acids is 4. The summed E-state index contributed by atoms with van der Waals surface area (Å²) in [4.78, 5) is 55.5. The van der Waals surface area contributed by atoms with Crippen LogP contribution >= 0.6 is 0 Å². The summed E-state index contributed by atoms with van der Waals surface area (Å²) >= 11 is 0. The minimum absolute atomic E-state index is 0.262. The molecule has 1 aromatic rings. The Morgan fingerprint density at radius 2 is 1.43 bits per heavy atom. The molecule has 1 aliphatic carbocycles. The number of benzene rings is 1. The van der Waals surface area contributed by atoms with Gasteiger partial charge in [0.1, 0.15) is 18.0 Å². The summed E-state index contributed by atoms with van der Waals surface area (Å²) in [5.74, 6) is -2.75. The Kier molecular flexibility index (Phi) is 8.48. The number of hydrogen-bond donors (Lipinski definition) is 0. The van der Waals surface area contributed by atoms with E-state index in [0.717, 1.165) is 44.2 Å². The summed E-state index contributed by atoms with van der Waals surface area (Å²) < 4.78 is 16.4. The molecule has 4 rings (SSSR count). The fraction of sp³-hybridized carbons (Fsp3) is 0.556. The number of amides is 2. The van der Waals surface area contributed by atoms with Crippen molar-refractivity contribution < 1.29 is 33.4 Å². The van der Waals surface area contributed by atoms with Crippen LogP contribution in [0.4, 0.5) is 5.69 Å². The van der Waals surface area contributed by atoms with E-state index in [2.05, 4.69) is 15.9 Å². The lowest BCUT2D eigenvalue weighted by atomic mass is 9.81. The first-order valence-corrected chi connectivity index (χ1v) is 12.9. The summed E-state index contributed by atoms with van der Waals surface area (Å²) in [7, 11) is 0. The number of esters is 2. The van der Waals surface area contributed by atoms with Gasteiger partial charge in [-0.25, -0.2) is 0 Å². The number of imide groups is 1. The Morgan fingerprint density at radius 3 is 1.97 bits per heavy atom. The Morgan fingerprint density at radius 1 is 0.865 bits per heavy atom. The lowest BCUT2D eigenvalue weighted by molar-refractivity contribution is -0.157. The van der Waals surface area contributed by atoms with Crippen molar-refractivity contribution in [2.75, 3.05) is 50.8 Å². The summed E-state index contributed by atoms with van der Waals surface area (Å²) in [6.45, 7) is 9.55. The number of para-hydroxylation sites is 2. The molecule has 2 heterocycles. The number of anilines is 1. The summed E-state index contributed by atoms with van der Waals surface area (Å²) in [6.07, 6.45) is 1.98. The van der Waals surface area contributed by atoms with Gasteiger partial charge in [0.05, 0.1) is 24.1 Å². The largest absolute Gasteiger partial charge is 0.492 e. The number of ether oxygens (including phenoxy) is 3. The van der Waals surface area contributed by atoms with Crippen molar-refractivity contribution in [2.24, 2.45) is 11.8 Å². The molecule has 2 aliphatic heterocycles. The second-order valence-corrected chi connectivity index (χ2v) is 9.50. The highest BCUT2D eigenvalue weighted by atomic mass is 16.6. The van der Waals surface area contributed by atoms with Gasteiger partial charge in [-0.3, -0.25) is 29.0 Å². The second kappa shape index (κ2) is 11.8. The molecule has 0 N–H and O–H groups in total. The van der Waals surface area contributed by atoms with E-state index in [1.54, 1.807) is 0 Å². The van der Waals surface area contributed by atoms with Gasteiger partial charge < -0.3 is 19.1 Å². The lowest BCUT2D eigenvalue weighted by Gasteiger charge is -2.36. The van der Waals surface area contributed by atoms with Crippen LogP contribution in [0.15, 0.2) is 36.4 Å². The maximum absolute atomic E-state index is 13.2. The van der Waals surface area contributed by atoms with Gasteiger partial charge in [0, 0.05) is 46.6 Å². The highest BCUT2D eigenvalue weighted by Gasteiger charge is 2.56. The van der Waals surface area contributed by atoms with Gasteiger partial charge in [0.2, 0.25) is 11.8 Å². The Balaban J connectivity index is 1.33. The van der Waals surface area contributed by atoms with Crippen LogP contribution in [0.25, 0.3) is 0 Å². The Hall–Kier alpha value is -3.40. The van der Waals surface area contributed by atoms with E-state index < -0.39 is 36.0 Å². The number of fused-ring (bicyclic) bond motifs is 1. The van der Waals surface area contributed by atoms with Crippen LogP contribution in [-0.4, -0.2) is 91.6 Å². The molecule has 4 unspecified atom stereocenters. The van der Waals surface area contributed by atoms with Gasteiger partial charge in [0.15, 0.2) is 0 Å². The first-order chi connectivity index (χ1) is 17.8. The van der Waals surface area contributed by atoms with E-state index in [1.807, 2.05) is 25.1 Å². The second-order valence-electron chi connectivity index (χ2n) is 9.50. The van der Waals surface area contributed by atoms with Crippen molar-refractivity contribution in [1.82, 2.24) is 9.80 Å². The van der Waals surface area contributed by atoms with Crippen LogP contribution in [0.2, 0.25) is 0 Å². The topological polar surface area (TPSA) is 106 Å². The van der Waals surface area contributed by atoms with Crippen LogP contribution in [0.1, 0.15) is 27.2 Å². The molecular weight excluding hydrogens is 478 g/mol. The van der Waals surface area contributed by atoms with Gasteiger partial charge in [-0.15, -0.1) is 0 Å². The number of likely N-dealkylation sites (tertiary alicyclic amines) is 1. The summed E-state index contributed by atoms with van der Waals surface area (Å²) in [5, 5.41) is 0. The monoisotopic (exact) mass is 513 g/mol. The SMILES string of the molecule is CCOc1ccccc1N1CCN(CCCN2C(=O)C3C(OC(C)=O)C=CC(OC(C)=O)C3C2=O)CC1.